The van der Waals surface area contributed by atoms with Crippen LogP contribution in [0, 0.1) is 17.2 Å². The van der Waals surface area contributed by atoms with Gasteiger partial charge in [-0.25, -0.2) is 4.68 Å². The number of anilines is 1. The van der Waals surface area contributed by atoms with E-state index in [1.165, 1.54) is 11.8 Å². The van der Waals surface area contributed by atoms with Gasteiger partial charge >= 0.3 is 0 Å². The molecule has 1 amide bonds. The molecule has 6 nitrogen and oxygen atoms in total. The maximum Gasteiger partial charge on any atom is 0.239 e. The first-order chi connectivity index (χ1) is 14.7. The van der Waals surface area contributed by atoms with Crippen molar-refractivity contribution in [3.05, 3.63) is 78.0 Å². The summed E-state index contributed by atoms with van der Waals surface area (Å²) >= 11 is 0. The third-order valence-corrected chi connectivity index (χ3v) is 5.59. The van der Waals surface area contributed by atoms with Crippen LogP contribution in [-0.4, -0.2) is 40.2 Å². The average molecular weight is 399 g/mol. The van der Waals surface area contributed by atoms with Gasteiger partial charge in [0.2, 0.25) is 5.91 Å². The van der Waals surface area contributed by atoms with Gasteiger partial charge in [-0.2, -0.15) is 10.4 Å². The summed E-state index contributed by atoms with van der Waals surface area (Å²) in [5.74, 6) is 0.967. The normalized spacial score (nSPS) is 14.9. The van der Waals surface area contributed by atoms with Crippen LogP contribution >= 0.6 is 0 Å². The van der Waals surface area contributed by atoms with Gasteiger partial charge in [0.1, 0.15) is 11.6 Å². The maximum absolute atomic E-state index is 12.7. The number of nitriles is 1. The molecular formula is C24H25N5O. The third kappa shape index (κ3) is 4.76. The summed E-state index contributed by atoms with van der Waals surface area (Å²) in [5.41, 5.74) is 2.54. The second kappa shape index (κ2) is 9.38. The lowest BCUT2D eigenvalue weighted by atomic mass is 9.90. The average Bonchev–Trinajstić information content (AvgIpc) is 3.19. The Morgan fingerprint density at radius 2 is 1.73 bits per heavy atom. The fourth-order valence-electron chi connectivity index (χ4n) is 3.99. The number of likely N-dealkylation sites (tertiary alicyclic amines) is 1. The van der Waals surface area contributed by atoms with Gasteiger partial charge in [0.25, 0.3) is 0 Å². The molecule has 30 heavy (non-hydrogen) atoms. The van der Waals surface area contributed by atoms with Gasteiger partial charge in [0.15, 0.2) is 5.82 Å². The lowest BCUT2D eigenvalue weighted by Crippen LogP contribution is -2.39. The number of hydrogen-bond donors (Lipinski definition) is 1. The first-order valence-electron chi connectivity index (χ1n) is 10.3. The Balaban J connectivity index is 1.34. The summed E-state index contributed by atoms with van der Waals surface area (Å²) in [6, 6.07) is 22.2. The fraction of sp³-hybridized carbons (Fsp3) is 0.292. The number of rotatable bonds is 6. The molecule has 0 unspecified atom stereocenters. The summed E-state index contributed by atoms with van der Waals surface area (Å²) in [6.07, 6.45) is 4.77. The molecule has 2 aromatic carbocycles. The molecule has 2 heterocycles. The molecule has 0 saturated carbocycles. The molecule has 6 heteroatoms. The number of carbonyl (C=O) groups excluding carboxylic acids is 1. The van der Waals surface area contributed by atoms with E-state index in [1.54, 1.807) is 4.68 Å². The van der Waals surface area contributed by atoms with Crippen LogP contribution in [0.1, 0.15) is 24.0 Å². The number of piperidine rings is 1. The molecule has 3 aromatic rings. The summed E-state index contributed by atoms with van der Waals surface area (Å²) in [6.45, 7) is 2.14. The zero-order valence-electron chi connectivity index (χ0n) is 16.9. The van der Waals surface area contributed by atoms with Crippen molar-refractivity contribution in [1.82, 2.24) is 14.7 Å². The van der Waals surface area contributed by atoms with Gasteiger partial charge in [-0.1, -0.05) is 48.5 Å². The Kier molecular flexibility index (Phi) is 6.21. The van der Waals surface area contributed by atoms with E-state index in [9.17, 15) is 10.1 Å². The number of amides is 1. The van der Waals surface area contributed by atoms with Crippen molar-refractivity contribution in [1.29, 1.82) is 5.26 Å². The van der Waals surface area contributed by atoms with Crippen LogP contribution in [0.4, 0.5) is 5.82 Å². The number of para-hydroxylation sites is 1. The Morgan fingerprint density at radius 3 is 2.40 bits per heavy atom. The molecule has 1 N–H and O–H groups in total. The first-order valence-corrected chi connectivity index (χ1v) is 10.3. The molecule has 1 fully saturated rings. The van der Waals surface area contributed by atoms with Crippen molar-refractivity contribution in [2.75, 3.05) is 25.0 Å². The zero-order chi connectivity index (χ0) is 20.8. The highest BCUT2D eigenvalue weighted by Crippen LogP contribution is 2.22. The Hall–Kier alpha value is -3.43. The van der Waals surface area contributed by atoms with E-state index < -0.39 is 0 Å². The Morgan fingerprint density at radius 1 is 1.07 bits per heavy atom. The highest BCUT2D eigenvalue weighted by molar-refractivity contribution is 5.93. The van der Waals surface area contributed by atoms with E-state index in [4.69, 9.17) is 0 Å². The smallest absolute Gasteiger partial charge is 0.239 e. The van der Waals surface area contributed by atoms with Crippen molar-refractivity contribution in [3.8, 4) is 11.8 Å². The molecule has 0 spiro atoms. The molecule has 0 atom stereocenters. The van der Waals surface area contributed by atoms with E-state index in [-0.39, 0.29) is 5.91 Å². The molecule has 4 rings (SSSR count). The van der Waals surface area contributed by atoms with Crippen LogP contribution in [0.3, 0.4) is 0 Å². The minimum Gasteiger partial charge on any atom is -0.308 e. The van der Waals surface area contributed by atoms with Crippen LogP contribution < -0.4 is 5.32 Å². The van der Waals surface area contributed by atoms with Crippen LogP contribution in [0.15, 0.2) is 66.9 Å². The highest BCUT2D eigenvalue weighted by Gasteiger charge is 2.22. The van der Waals surface area contributed by atoms with Crippen LogP contribution in [0.5, 0.6) is 0 Å². The van der Waals surface area contributed by atoms with Crippen molar-refractivity contribution < 1.29 is 4.79 Å². The molecule has 152 valence electrons. The predicted molar refractivity (Wildman–Crippen MR) is 116 cm³/mol. The van der Waals surface area contributed by atoms with Crippen molar-refractivity contribution in [3.63, 3.8) is 0 Å². The van der Waals surface area contributed by atoms with Gasteiger partial charge in [-0.05, 0) is 56.0 Å². The first kappa shape index (κ1) is 19.9. The van der Waals surface area contributed by atoms with Crippen molar-refractivity contribution >= 4 is 11.7 Å². The number of nitrogens with zero attached hydrogens (tertiary/aromatic N) is 4. The summed E-state index contributed by atoms with van der Waals surface area (Å²) in [5, 5.41) is 16.6. The van der Waals surface area contributed by atoms with Gasteiger partial charge in [0.05, 0.1) is 18.4 Å². The van der Waals surface area contributed by atoms with Crippen LogP contribution in [0.25, 0.3) is 5.69 Å². The highest BCUT2D eigenvalue weighted by atomic mass is 16.2. The molecule has 0 bridgehead atoms. The van der Waals surface area contributed by atoms with E-state index in [0.717, 1.165) is 38.0 Å². The summed E-state index contributed by atoms with van der Waals surface area (Å²) in [7, 11) is 0. The largest absolute Gasteiger partial charge is 0.308 e. The van der Waals surface area contributed by atoms with Crippen LogP contribution in [-0.2, 0) is 11.2 Å². The topological polar surface area (TPSA) is 74.0 Å². The quantitative estimate of drug-likeness (QED) is 0.687. The number of benzene rings is 2. The number of hydrogen-bond acceptors (Lipinski definition) is 4. The molecule has 1 aliphatic heterocycles. The Bertz CT molecular complexity index is 1010. The third-order valence-electron chi connectivity index (χ3n) is 5.59. The van der Waals surface area contributed by atoms with Crippen molar-refractivity contribution in [2.24, 2.45) is 5.92 Å². The maximum atomic E-state index is 12.7. The minimum absolute atomic E-state index is 0.120. The summed E-state index contributed by atoms with van der Waals surface area (Å²) in [4.78, 5) is 14.9. The number of aromatic nitrogens is 2. The second-order valence-corrected chi connectivity index (χ2v) is 7.72. The number of carbonyl (C=O) groups is 1. The molecular weight excluding hydrogens is 374 g/mol. The van der Waals surface area contributed by atoms with E-state index in [1.807, 2.05) is 36.4 Å². The molecule has 1 aromatic heterocycles. The Labute approximate surface area is 176 Å². The predicted octanol–water partition coefficient (Wildman–Crippen LogP) is 3.64. The molecule has 1 aliphatic rings. The van der Waals surface area contributed by atoms with Gasteiger partial charge in [-0.3, -0.25) is 9.69 Å². The monoisotopic (exact) mass is 399 g/mol. The number of nitrogens with one attached hydrogen (secondary N) is 1. The standard InChI is InChI=1S/C24H25N5O/c25-16-21-17-26-29(22-9-5-2-6-10-22)24(21)27-23(30)18-28-13-11-20(12-14-28)15-19-7-3-1-4-8-19/h1-10,17,20H,11-15,18H2,(H,27,30). The zero-order valence-corrected chi connectivity index (χ0v) is 16.9. The lowest BCUT2D eigenvalue weighted by Gasteiger charge is -2.31. The van der Waals surface area contributed by atoms with Crippen molar-refractivity contribution in [2.45, 2.75) is 19.3 Å². The lowest BCUT2D eigenvalue weighted by molar-refractivity contribution is -0.117. The molecule has 0 radical (unpaired) electrons. The van der Waals surface area contributed by atoms with Crippen LogP contribution in [0.2, 0.25) is 0 Å². The minimum atomic E-state index is -0.120. The SMILES string of the molecule is N#Cc1cnn(-c2ccccc2)c1NC(=O)CN1CCC(Cc2ccccc2)CC1. The fourth-order valence-corrected chi connectivity index (χ4v) is 3.99. The molecule has 0 aliphatic carbocycles. The molecule has 1 saturated heterocycles. The van der Waals surface area contributed by atoms with Gasteiger partial charge < -0.3 is 5.32 Å². The van der Waals surface area contributed by atoms with E-state index in [2.05, 4.69) is 45.7 Å². The van der Waals surface area contributed by atoms with Gasteiger partial charge in [-0.15, -0.1) is 0 Å². The summed E-state index contributed by atoms with van der Waals surface area (Å²) < 4.78 is 1.60. The van der Waals surface area contributed by atoms with E-state index >= 15 is 0 Å². The second-order valence-electron chi connectivity index (χ2n) is 7.72. The van der Waals surface area contributed by atoms with E-state index in [0.29, 0.717) is 23.8 Å². The van der Waals surface area contributed by atoms with Gasteiger partial charge in [0, 0.05) is 0 Å².